The van der Waals surface area contributed by atoms with Gasteiger partial charge in [0.15, 0.2) is 0 Å². The maximum Gasteiger partial charge on any atom is 0.201 e. The summed E-state index contributed by atoms with van der Waals surface area (Å²) in [5.74, 6) is 0. The molecule has 0 fully saturated rings. The van der Waals surface area contributed by atoms with Crippen molar-refractivity contribution in [1.29, 1.82) is 0 Å². The van der Waals surface area contributed by atoms with Gasteiger partial charge in [-0.05, 0) is 133 Å². The zero-order valence-corrected chi connectivity index (χ0v) is 29.7. The van der Waals surface area contributed by atoms with Gasteiger partial charge in [0.1, 0.15) is 10.9 Å². The van der Waals surface area contributed by atoms with Gasteiger partial charge in [-0.1, -0.05) is 115 Å². The van der Waals surface area contributed by atoms with Gasteiger partial charge < -0.3 is 4.57 Å². The molecule has 0 bridgehead atoms. The molecule has 0 amide bonds. The van der Waals surface area contributed by atoms with Crippen molar-refractivity contribution in [1.82, 2.24) is 9.97 Å². The lowest BCUT2D eigenvalue weighted by Gasteiger charge is -2.25. The molecule has 0 saturated heterocycles. The van der Waals surface area contributed by atoms with Gasteiger partial charge in [0.25, 0.3) is 0 Å². The average molecular weight is 687 g/mol. The summed E-state index contributed by atoms with van der Waals surface area (Å²) >= 11 is 0. The van der Waals surface area contributed by atoms with Crippen molar-refractivity contribution < 1.29 is 4.57 Å². The van der Waals surface area contributed by atoms with E-state index in [0.717, 1.165) is 71.7 Å². The summed E-state index contributed by atoms with van der Waals surface area (Å²) in [5.41, 5.74) is 7.86. The van der Waals surface area contributed by atoms with Crippen molar-refractivity contribution in [2.24, 2.45) is 0 Å². The minimum atomic E-state index is -3.38. The quantitative estimate of drug-likeness (QED) is 0.134. The number of nitrogens with zero attached hydrogens (tertiary/aromatic N) is 2. The lowest BCUT2D eigenvalue weighted by Crippen LogP contribution is -2.24. The summed E-state index contributed by atoms with van der Waals surface area (Å²) in [6.07, 6.45) is 8.17. The minimum absolute atomic E-state index is 0.610. The van der Waals surface area contributed by atoms with E-state index in [1.807, 2.05) is 24.3 Å². The molecule has 2 aliphatic rings. The third-order valence-electron chi connectivity index (χ3n) is 11.7. The van der Waals surface area contributed by atoms with E-state index in [4.69, 9.17) is 9.97 Å². The highest BCUT2D eigenvalue weighted by molar-refractivity contribution is 7.82. The largest absolute Gasteiger partial charge is 0.306 e. The van der Waals surface area contributed by atoms with Crippen LogP contribution in [0.1, 0.15) is 36.8 Å². The molecule has 2 heterocycles. The van der Waals surface area contributed by atoms with Gasteiger partial charge in [0.2, 0.25) is 7.14 Å². The number of hydrogen-bond donors (Lipinski definition) is 0. The van der Waals surface area contributed by atoms with Crippen LogP contribution >= 0.6 is 7.14 Å². The zero-order valence-electron chi connectivity index (χ0n) is 28.8. The highest BCUT2D eigenvalue weighted by Gasteiger charge is 2.36. The molecule has 0 spiro atoms. The van der Waals surface area contributed by atoms with E-state index in [-0.39, 0.29) is 0 Å². The van der Waals surface area contributed by atoms with E-state index in [1.54, 1.807) is 0 Å². The summed E-state index contributed by atoms with van der Waals surface area (Å²) in [5, 5.41) is 13.6. The standard InChI is InChI=1S/C48H35N2OP/c51-52(36-12-2-1-3-13-36,43-16-6-14-41(49-43)37-26-22-34-20-18-30-8-4-10-32-24-28-39(37)47(34)45(30)32)44-17-7-15-42(50-44)38-27-23-35-21-19-31-9-5-11-33-25-29-40(38)48(35)46(31)33/h4-12,14-18,20,22-29H,1-3,13,19,21H2. The SMILES string of the molecule is O=P(C1=CCCCC1)(c1cccc(-c2ccc3c4c2ccc2cccc(c24)CC3)n1)c1cccc(-c2ccc3ccc4cccc5ccc2c3c45)n1. The van der Waals surface area contributed by atoms with E-state index in [9.17, 15) is 0 Å². The van der Waals surface area contributed by atoms with Gasteiger partial charge in [0.05, 0.1) is 11.4 Å². The van der Waals surface area contributed by atoms with Crippen LogP contribution in [0.5, 0.6) is 0 Å². The molecule has 2 aromatic heterocycles. The van der Waals surface area contributed by atoms with E-state index in [1.165, 1.54) is 59.6 Å². The Balaban J connectivity index is 1.09. The van der Waals surface area contributed by atoms with Crippen LogP contribution in [-0.2, 0) is 17.4 Å². The Morgan fingerprint density at radius 1 is 0.442 bits per heavy atom. The summed E-state index contributed by atoms with van der Waals surface area (Å²) in [6.45, 7) is 0. The highest BCUT2D eigenvalue weighted by atomic mass is 31.2. The lowest BCUT2D eigenvalue weighted by molar-refractivity contribution is 0.585. The van der Waals surface area contributed by atoms with Crippen LogP contribution in [0.3, 0.4) is 0 Å². The van der Waals surface area contributed by atoms with Crippen molar-refractivity contribution in [2.75, 3.05) is 0 Å². The van der Waals surface area contributed by atoms with Crippen molar-refractivity contribution in [3.63, 3.8) is 0 Å². The smallest absolute Gasteiger partial charge is 0.201 e. The third kappa shape index (κ3) is 4.36. The fourth-order valence-corrected chi connectivity index (χ4v) is 12.0. The molecule has 0 aliphatic heterocycles. The molecule has 1 unspecified atom stereocenters. The van der Waals surface area contributed by atoms with Gasteiger partial charge >= 0.3 is 0 Å². The predicted molar refractivity (Wildman–Crippen MR) is 219 cm³/mol. The van der Waals surface area contributed by atoms with Crippen LogP contribution in [0.15, 0.2) is 145 Å². The molecule has 1 atom stereocenters. The Kier molecular flexibility index (Phi) is 6.61. The molecule has 0 saturated carbocycles. The molecule has 52 heavy (non-hydrogen) atoms. The summed E-state index contributed by atoms with van der Waals surface area (Å²) in [4.78, 5) is 10.7. The number of allylic oxidation sites excluding steroid dienone is 2. The summed E-state index contributed by atoms with van der Waals surface area (Å²) in [6, 6.07) is 47.6. The first-order valence-electron chi connectivity index (χ1n) is 18.5. The van der Waals surface area contributed by atoms with E-state index in [0.29, 0.717) is 10.9 Å². The summed E-state index contributed by atoms with van der Waals surface area (Å²) in [7, 11) is -3.38. The topological polar surface area (TPSA) is 42.9 Å². The molecular weight excluding hydrogens is 652 g/mol. The fraction of sp³-hybridized carbons (Fsp3) is 0.125. The molecule has 248 valence electrons. The fourth-order valence-electron chi connectivity index (χ4n) is 9.25. The van der Waals surface area contributed by atoms with Gasteiger partial charge in [-0.2, -0.15) is 0 Å². The van der Waals surface area contributed by atoms with Crippen molar-refractivity contribution in [3.05, 3.63) is 156 Å². The van der Waals surface area contributed by atoms with Crippen molar-refractivity contribution >= 4 is 71.9 Å². The maximum absolute atomic E-state index is 16.0. The molecule has 2 aliphatic carbocycles. The van der Waals surface area contributed by atoms with Gasteiger partial charge in [-0.3, -0.25) is 0 Å². The van der Waals surface area contributed by atoms with E-state index >= 15 is 4.57 Å². The van der Waals surface area contributed by atoms with Crippen LogP contribution in [0.2, 0.25) is 0 Å². The first-order chi connectivity index (χ1) is 25.6. The number of aryl methyl sites for hydroxylation is 2. The predicted octanol–water partition coefficient (Wildman–Crippen LogP) is 11.9. The Bertz CT molecular complexity index is 3000. The average Bonchev–Trinajstić information content (AvgIpc) is 3.22. The van der Waals surface area contributed by atoms with Crippen LogP contribution < -0.4 is 10.9 Å². The van der Waals surface area contributed by atoms with Crippen LogP contribution in [0, 0.1) is 0 Å². The van der Waals surface area contributed by atoms with Gasteiger partial charge in [-0.25, -0.2) is 9.97 Å². The Morgan fingerprint density at radius 2 is 0.981 bits per heavy atom. The summed E-state index contributed by atoms with van der Waals surface area (Å²) < 4.78 is 16.0. The molecule has 9 aromatic rings. The third-order valence-corrected chi connectivity index (χ3v) is 14.7. The number of benzene rings is 7. The van der Waals surface area contributed by atoms with Crippen LogP contribution in [-0.4, -0.2) is 9.97 Å². The van der Waals surface area contributed by atoms with E-state index in [2.05, 4.69) is 115 Å². The van der Waals surface area contributed by atoms with Crippen LogP contribution in [0.4, 0.5) is 0 Å². The second-order valence-corrected chi connectivity index (χ2v) is 17.3. The number of rotatable bonds is 5. The molecule has 0 radical (unpaired) electrons. The van der Waals surface area contributed by atoms with Crippen molar-refractivity contribution in [2.45, 2.75) is 38.5 Å². The zero-order chi connectivity index (χ0) is 34.4. The molecule has 4 heteroatoms. The first kappa shape index (κ1) is 30.0. The number of hydrogen-bond acceptors (Lipinski definition) is 3. The first-order valence-corrected chi connectivity index (χ1v) is 20.2. The normalized spacial score (nSPS) is 15.6. The molecule has 0 N–H and O–H groups in total. The van der Waals surface area contributed by atoms with Gasteiger partial charge in [0, 0.05) is 11.1 Å². The molecule has 7 aromatic carbocycles. The molecule has 11 rings (SSSR count). The Labute approximate surface area is 302 Å². The van der Waals surface area contributed by atoms with Crippen LogP contribution in [0.25, 0.3) is 76.4 Å². The Morgan fingerprint density at radius 3 is 1.65 bits per heavy atom. The minimum Gasteiger partial charge on any atom is -0.306 e. The maximum atomic E-state index is 16.0. The van der Waals surface area contributed by atoms with E-state index < -0.39 is 7.14 Å². The number of aromatic nitrogens is 2. The highest BCUT2D eigenvalue weighted by Crippen LogP contribution is 2.55. The lowest BCUT2D eigenvalue weighted by atomic mass is 9.84. The second kappa shape index (κ2) is 11.4. The Hall–Kier alpha value is -5.63. The van der Waals surface area contributed by atoms with Crippen molar-refractivity contribution in [3.8, 4) is 22.5 Å². The second-order valence-electron chi connectivity index (χ2n) is 14.6. The molecular formula is C48H35N2OP. The number of pyridine rings is 2. The van der Waals surface area contributed by atoms with Gasteiger partial charge in [-0.15, -0.1) is 0 Å². The molecule has 3 nitrogen and oxygen atoms in total. The monoisotopic (exact) mass is 686 g/mol.